The van der Waals surface area contributed by atoms with E-state index in [1.807, 2.05) is 41.3 Å². The van der Waals surface area contributed by atoms with E-state index in [-0.39, 0.29) is 6.03 Å². The van der Waals surface area contributed by atoms with Gasteiger partial charge in [-0.3, -0.25) is 4.90 Å². The van der Waals surface area contributed by atoms with Gasteiger partial charge in [-0.15, -0.1) is 0 Å². The van der Waals surface area contributed by atoms with Gasteiger partial charge in [-0.2, -0.15) is 0 Å². The van der Waals surface area contributed by atoms with E-state index in [1.165, 1.54) is 12.4 Å². The minimum absolute atomic E-state index is 0.0367. The first-order valence-electron chi connectivity index (χ1n) is 9.50. The van der Waals surface area contributed by atoms with Crippen LogP contribution in [0, 0.1) is 10.8 Å². The van der Waals surface area contributed by atoms with Crippen molar-refractivity contribution in [2.75, 3.05) is 38.8 Å². The van der Waals surface area contributed by atoms with E-state index in [9.17, 15) is 4.79 Å². The third kappa shape index (κ3) is 4.23. The number of rotatable bonds is 9. The molecule has 3 rings (SSSR count). The van der Waals surface area contributed by atoms with Crippen LogP contribution in [-0.2, 0) is 6.42 Å². The standard InChI is InChI=1S/C22H26N4O3/c1-28-20-6-4-3-5-16(20)9-10-25-11-12-26(22(25)27)18-7-8-19(17(14-23)15-24)21(13-18)29-2/h3-8,13-15,17,23-24H,9-12H2,1-2H3. The summed E-state index contributed by atoms with van der Waals surface area (Å²) in [6, 6.07) is 13.3. The Morgan fingerprint density at radius 2 is 1.76 bits per heavy atom. The molecule has 7 nitrogen and oxygen atoms in total. The Balaban J connectivity index is 1.72. The van der Waals surface area contributed by atoms with Gasteiger partial charge < -0.3 is 25.2 Å². The molecule has 152 valence electrons. The van der Waals surface area contributed by atoms with E-state index >= 15 is 0 Å². The second-order valence-corrected chi connectivity index (χ2v) is 6.77. The summed E-state index contributed by atoms with van der Waals surface area (Å²) < 4.78 is 10.8. The van der Waals surface area contributed by atoms with Gasteiger partial charge in [0.05, 0.1) is 20.1 Å². The first kappa shape index (κ1) is 20.4. The summed E-state index contributed by atoms with van der Waals surface area (Å²) in [5.41, 5.74) is 2.57. The maximum Gasteiger partial charge on any atom is 0.324 e. The normalized spacial score (nSPS) is 14.6. The Labute approximate surface area is 170 Å². The number of para-hydroxylation sites is 1. The Kier molecular flexibility index (Phi) is 6.49. The average molecular weight is 394 g/mol. The van der Waals surface area contributed by atoms with Gasteiger partial charge in [0.1, 0.15) is 11.5 Å². The minimum Gasteiger partial charge on any atom is -0.496 e. The molecule has 0 unspecified atom stereocenters. The smallest absolute Gasteiger partial charge is 0.324 e. The largest absolute Gasteiger partial charge is 0.496 e. The third-order valence-electron chi connectivity index (χ3n) is 5.19. The van der Waals surface area contributed by atoms with E-state index in [1.54, 1.807) is 25.2 Å². The van der Waals surface area contributed by atoms with Crippen molar-refractivity contribution in [2.45, 2.75) is 12.3 Å². The van der Waals surface area contributed by atoms with Crippen molar-refractivity contribution in [3.63, 3.8) is 0 Å². The summed E-state index contributed by atoms with van der Waals surface area (Å²) >= 11 is 0. The van der Waals surface area contributed by atoms with Gasteiger partial charge in [-0.1, -0.05) is 24.3 Å². The molecule has 1 heterocycles. The second kappa shape index (κ2) is 9.23. The minimum atomic E-state index is -0.439. The molecule has 1 aliphatic heterocycles. The van der Waals surface area contributed by atoms with Crippen molar-refractivity contribution in [1.82, 2.24) is 4.90 Å². The molecule has 2 aromatic rings. The highest BCUT2D eigenvalue weighted by Gasteiger charge is 2.30. The summed E-state index contributed by atoms with van der Waals surface area (Å²) in [7, 11) is 3.21. The molecule has 0 atom stereocenters. The van der Waals surface area contributed by atoms with Crippen molar-refractivity contribution in [3.8, 4) is 11.5 Å². The number of ether oxygens (including phenoxy) is 2. The maximum atomic E-state index is 12.9. The number of methoxy groups -OCH3 is 2. The highest BCUT2D eigenvalue weighted by Crippen LogP contribution is 2.31. The summed E-state index contributed by atoms with van der Waals surface area (Å²) in [4.78, 5) is 16.5. The highest BCUT2D eigenvalue weighted by atomic mass is 16.5. The van der Waals surface area contributed by atoms with Gasteiger partial charge in [0, 0.05) is 49.4 Å². The Morgan fingerprint density at radius 1 is 1.03 bits per heavy atom. The lowest BCUT2D eigenvalue weighted by Crippen LogP contribution is -2.33. The summed E-state index contributed by atoms with van der Waals surface area (Å²) in [5.74, 6) is 0.966. The molecule has 0 spiro atoms. The predicted octanol–water partition coefficient (Wildman–Crippen LogP) is 3.57. The highest BCUT2D eigenvalue weighted by molar-refractivity contribution is 5.95. The third-order valence-corrected chi connectivity index (χ3v) is 5.19. The van der Waals surface area contributed by atoms with Crippen LogP contribution in [0.15, 0.2) is 42.5 Å². The predicted molar refractivity (Wildman–Crippen MR) is 114 cm³/mol. The molecule has 7 heteroatoms. The molecular weight excluding hydrogens is 368 g/mol. The Morgan fingerprint density at radius 3 is 2.45 bits per heavy atom. The lowest BCUT2D eigenvalue weighted by Gasteiger charge is -2.21. The number of carbonyl (C=O) groups excluding carboxylic acids is 1. The van der Waals surface area contributed by atoms with Crippen LogP contribution in [0.3, 0.4) is 0 Å². The number of amides is 2. The monoisotopic (exact) mass is 394 g/mol. The summed E-state index contributed by atoms with van der Waals surface area (Å²) in [6.07, 6.45) is 3.13. The number of carbonyl (C=O) groups is 1. The van der Waals surface area contributed by atoms with Crippen LogP contribution < -0.4 is 14.4 Å². The van der Waals surface area contributed by atoms with Crippen LogP contribution >= 0.6 is 0 Å². The van der Waals surface area contributed by atoms with Crippen LogP contribution in [0.5, 0.6) is 11.5 Å². The fourth-order valence-electron chi connectivity index (χ4n) is 3.57. The number of hydrogen-bond donors (Lipinski definition) is 2. The average Bonchev–Trinajstić information content (AvgIpc) is 3.13. The molecule has 1 aliphatic rings. The fraction of sp³-hybridized carbons (Fsp3) is 0.318. The van der Waals surface area contributed by atoms with E-state index < -0.39 is 5.92 Å². The van der Waals surface area contributed by atoms with Crippen LogP contribution in [0.25, 0.3) is 0 Å². The van der Waals surface area contributed by atoms with Crippen molar-refractivity contribution in [2.24, 2.45) is 0 Å². The SMILES string of the molecule is COc1ccccc1CCN1CCN(c2ccc(C(C=N)C=N)c(OC)c2)C1=O. The fourth-order valence-corrected chi connectivity index (χ4v) is 3.57. The van der Waals surface area contributed by atoms with E-state index in [0.717, 1.165) is 29.0 Å². The second-order valence-electron chi connectivity index (χ2n) is 6.77. The summed E-state index contributed by atoms with van der Waals surface area (Å²) in [6.45, 7) is 1.88. The first-order valence-corrected chi connectivity index (χ1v) is 9.50. The van der Waals surface area contributed by atoms with Crippen molar-refractivity contribution in [1.29, 1.82) is 10.8 Å². The Bertz CT molecular complexity index is 891. The molecule has 1 saturated heterocycles. The zero-order chi connectivity index (χ0) is 20.8. The molecule has 1 fully saturated rings. The zero-order valence-corrected chi connectivity index (χ0v) is 16.7. The number of urea groups is 1. The molecule has 29 heavy (non-hydrogen) atoms. The van der Waals surface area contributed by atoms with Crippen molar-refractivity contribution in [3.05, 3.63) is 53.6 Å². The van der Waals surface area contributed by atoms with Gasteiger partial charge in [0.15, 0.2) is 0 Å². The Hall–Kier alpha value is -3.35. The number of hydrogen-bond acceptors (Lipinski definition) is 5. The molecule has 0 radical (unpaired) electrons. The molecule has 2 aromatic carbocycles. The quantitative estimate of drug-likeness (QED) is 0.637. The van der Waals surface area contributed by atoms with Gasteiger partial charge in [0.25, 0.3) is 0 Å². The van der Waals surface area contributed by atoms with E-state index in [2.05, 4.69) is 0 Å². The number of benzene rings is 2. The van der Waals surface area contributed by atoms with E-state index in [4.69, 9.17) is 20.3 Å². The van der Waals surface area contributed by atoms with Crippen molar-refractivity contribution >= 4 is 24.1 Å². The first-order chi connectivity index (χ1) is 14.1. The number of nitrogens with zero attached hydrogens (tertiary/aromatic N) is 2. The van der Waals surface area contributed by atoms with Crippen LogP contribution in [0.2, 0.25) is 0 Å². The van der Waals surface area contributed by atoms with E-state index in [0.29, 0.717) is 25.4 Å². The molecule has 0 aliphatic carbocycles. The van der Waals surface area contributed by atoms with Crippen LogP contribution in [0.4, 0.5) is 10.5 Å². The van der Waals surface area contributed by atoms with Crippen LogP contribution in [0.1, 0.15) is 17.0 Å². The molecule has 2 N–H and O–H groups in total. The van der Waals surface area contributed by atoms with Gasteiger partial charge in [-0.05, 0) is 24.1 Å². The van der Waals surface area contributed by atoms with Gasteiger partial charge in [0.2, 0.25) is 0 Å². The number of nitrogens with one attached hydrogen (secondary N) is 2. The zero-order valence-electron chi connectivity index (χ0n) is 16.7. The molecule has 2 amide bonds. The number of anilines is 1. The van der Waals surface area contributed by atoms with Crippen LogP contribution in [-0.4, -0.2) is 57.2 Å². The lowest BCUT2D eigenvalue weighted by atomic mass is 10.00. The van der Waals surface area contributed by atoms with Gasteiger partial charge >= 0.3 is 6.03 Å². The molecule has 0 aromatic heterocycles. The molecular formula is C22H26N4O3. The molecule has 0 bridgehead atoms. The van der Waals surface area contributed by atoms with Crippen molar-refractivity contribution < 1.29 is 14.3 Å². The lowest BCUT2D eigenvalue weighted by molar-refractivity contribution is 0.221. The topological polar surface area (TPSA) is 89.7 Å². The van der Waals surface area contributed by atoms with Gasteiger partial charge in [-0.25, -0.2) is 4.79 Å². The maximum absolute atomic E-state index is 12.9. The summed E-state index contributed by atoms with van der Waals surface area (Å²) in [5, 5.41) is 15.0. The molecule has 0 saturated carbocycles.